The van der Waals surface area contributed by atoms with Gasteiger partial charge in [-0.05, 0) is 75.7 Å². The minimum atomic E-state index is -3.81. The first-order valence-corrected chi connectivity index (χ1v) is 12.0. The minimum absolute atomic E-state index is 0.0806. The zero-order chi connectivity index (χ0) is 24.7. The van der Waals surface area contributed by atoms with Gasteiger partial charge in [-0.25, -0.2) is 8.42 Å². The van der Waals surface area contributed by atoms with Crippen molar-refractivity contribution in [2.75, 3.05) is 11.3 Å². The van der Waals surface area contributed by atoms with Gasteiger partial charge in [0, 0.05) is 23.2 Å². The number of ether oxygens (including phenoxy) is 1. The third kappa shape index (κ3) is 6.35. The van der Waals surface area contributed by atoms with E-state index in [-0.39, 0.29) is 28.5 Å². The van der Waals surface area contributed by atoms with E-state index in [2.05, 4.69) is 20.7 Å². The Bertz CT molecular complexity index is 1230. The Hall–Kier alpha value is -3.86. The highest BCUT2D eigenvalue weighted by atomic mass is 32.2. The number of hydrazine groups is 1. The van der Waals surface area contributed by atoms with E-state index in [4.69, 9.17) is 9.26 Å². The van der Waals surface area contributed by atoms with Crippen LogP contribution in [0.1, 0.15) is 40.7 Å². The molecule has 10 nitrogen and oxygen atoms in total. The zero-order valence-corrected chi connectivity index (χ0v) is 19.9. The Morgan fingerprint density at radius 2 is 1.68 bits per heavy atom. The molecule has 0 saturated carbocycles. The molecule has 34 heavy (non-hydrogen) atoms. The molecular formula is C23H26N4O6S. The van der Waals surface area contributed by atoms with E-state index >= 15 is 0 Å². The number of nitrogens with one attached hydrogen (secondary N) is 3. The summed E-state index contributed by atoms with van der Waals surface area (Å²) in [5.41, 5.74) is 6.82. The van der Waals surface area contributed by atoms with Gasteiger partial charge in [-0.3, -0.25) is 25.2 Å². The van der Waals surface area contributed by atoms with Gasteiger partial charge in [0.1, 0.15) is 11.5 Å². The highest BCUT2D eigenvalue weighted by Crippen LogP contribution is 2.20. The smallest absolute Gasteiger partial charge is 0.269 e. The molecule has 1 heterocycles. The standard InChI is InChI=1S/C23H26N4O6S/c1-4-32-19-9-11-20(12-10-19)34(30,31)27-18-7-5-17(6-8-18)23(29)25-24-22(28)14-13-21-15(2)26-33-16(21)3/h5-12,27H,4,13-14H2,1-3H3,(H,24,28)(H,25,29). The lowest BCUT2D eigenvalue weighted by Crippen LogP contribution is -2.41. The van der Waals surface area contributed by atoms with E-state index in [1.54, 1.807) is 26.0 Å². The largest absolute Gasteiger partial charge is 0.494 e. The summed E-state index contributed by atoms with van der Waals surface area (Å²) in [7, 11) is -3.81. The van der Waals surface area contributed by atoms with E-state index in [0.29, 0.717) is 24.5 Å². The molecule has 2 aromatic carbocycles. The van der Waals surface area contributed by atoms with Crippen molar-refractivity contribution in [3.63, 3.8) is 0 Å². The lowest BCUT2D eigenvalue weighted by atomic mass is 10.1. The summed E-state index contributed by atoms with van der Waals surface area (Å²) in [6, 6.07) is 11.9. The molecule has 0 spiro atoms. The number of nitrogens with zero attached hydrogens (tertiary/aromatic N) is 1. The van der Waals surface area contributed by atoms with E-state index < -0.39 is 15.9 Å². The first-order chi connectivity index (χ1) is 16.2. The van der Waals surface area contributed by atoms with Gasteiger partial charge in [-0.2, -0.15) is 0 Å². The fourth-order valence-corrected chi connectivity index (χ4v) is 4.20. The SMILES string of the molecule is CCOc1ccc(S(=O)(=O)Nc2ccc(C(=O)NNC(=O)CCc3c(C)noc3C)cc2)cc1. The van der Waals surface area contributed by atoms with Crippen molar-refractivity contribution in [1.82, 2.24) is 16.0 Å². The number of aryl methyl sites for hydroxylation is 2. The summed E-state index contributed by atoms with van der Waals surface area (Å²) >= 11 is 0. The van der Waals surface area contributed by atoms with Crippen LogP contribution in [-0.2, 0) is 21.2 Å². The fraction of sp³-hybridized carbons (Fsp3) is 0.261. The molecule has 0 aliphatic rings. The molecule has 0 radical (unpaired) electrons. The van der Waals surface area contributed by atoms with Crippen molar-refractivity contribution in [3.8, 4) is 5.75 Å². The van der Waals surface area contributed by atoms with Crippen LogP contribution in [0.15, 0.2) is 57.9 Å². The van der Waals surface area contributed by atoms with E-state index in [1.165, 1.54) is 36.4 Å². The van der Waals surface area contributed by atoms with E-state index in [1.807, 2.05) is 6.92 Å². The number of hydrogen-bond acceptors (Lipinski definition) is 7. The third-order valence-corrected chi connectivity index (χ3v) is 6.34. The van der Waals surface area contributed by atoms with Crippen LogP contribution in [0.4, 0.5) is 5.69 Å². The summed E-state index contributed by atoms with van der Waals surface area (Å²) in [5, 5.41) is 3.84. The molecule has 0 aliphatic heterocycles. The van der Waals surface area contributed by atoms with Crippen LogP contribution in [0.2, 0.25) is 0 Å². The molecule has 0 bridgehead atoms. The number of carbonyl (C=O) groups is 2. The quantitative estimate of drug-likeness (QED) is 0.395. The molecule has 180 valence electrons. The number of rotatable bonds is 9. The fourth-order valence-electron chi connectivity index (χ4n) is 3.14. The molecule has 1 aromatic heterocycles. The summed E-state index contributed by atoms with van der Waals surface area (Å²) in [4.78, 5) is 24.4. The molecule has 0 aliphatic carbocycles. The van der Waals surface area contributed by atoms with Gasteiger partial charge >= 0.3 is 0 Å². The average Bonchev–Trinajstić information content (AvgIpc) is 3.14. The molecule has 0 atom stereocenters. The molecular weight excluding hydrogens is 460 g/mol. The van der Waals surface area contributed by atoms with Gasteiger partial charge in [0.15, 0.2) is 0 Å². The number of aromatic nitrogens is 1. The van der Waals surface area contributed by atoms with Crippen molar-refractivity contribution in [2.24, 2.45) is 0 Å². The number of hydrogen-bond donors (Lipinski definition) is 3. The maximum atomic E-state index is 12.6. The van der Waals surface area contributed by atoms with Crippen LogP contribution < -0.4 is 20.3 Å². The monoisotopic (exact) mass is 486 g/mol. The first-order valence-electron chi connectivity index (χ1n) is 10.6. The van der Waals surface area contributed by atoms with Crippen molar-refractivity contribution in [3.05, 3.63) is 71.1 Å². The second-order valence-corrected chi connectivity index (χ2v) is 9.07. The average molecular weight is 487 g/mol. The molecule has 0 fully saturated rings. The van der Waals surface area contributed by atoms with Crippen LogP contribution in [-0.4, -0.2) is 32.0 Å². The molecule has 0 saturated heterocycles. The lowest BCUT2D eigenvalue weighted by molar-refractivity contribution is -0.121. The van der Waals surface area contributed by atoms with Crippen LogP contribution in [0.5, 0.6) is 5.75 Å². The van der Waals surface area contributed by atoms with Gasteiger partial charge in [0.25, 0.3) is 15.9 Å². The Kier molecular flexibility index (Phi) is 7.90. The molecule has 11 heteroatoms. The topological polar surface area (TPSA) is 140 Å². The van der Waals surface area contributed by atoms with Crippen LogP contribution >= 0.6 is 0 Å². The predicted octanol–water partition coefficient (Wildman–Crippen LogP) is 2.88. The first kappa shape index (κ1) is 24.8. The second kappa shape index (κ2) is 10.8. The Labute approximate surface area is 197 Å². The number of anilines is 1. The third-order valence-electron chi connectivity index (χ3n) is 4.94. The molecule has 0 unspecified atom stereocenters. The Morgan fingerprint density at radius 1 is 1.00 bits per heavy atom. The van der Waals surface area contributed by atoms with Gasteiger partial charge < -0.3 is 9.26 Å². The van der Waals surface area contributed by atoms with Crippen molar-refractivity contribution in [1.29, 1.82) is 0 Å². The summed E-state index contributed by atoms with van der Waals surface area (Å²) in [6.45, 7) is 5.90. The molecule has 3 rings (SSSR count). The molecule has 3 N–H and O–H groups in total. The van der Waals surface area contributed by atoms with Gasteiger partial charge in [0.2, 0.25) is 5.91 Å². The maximum Gasteiger partial charge on any atom is 0.269 e. The number of benzene rings is 2. The van der Waals surface area contributed by atoms with E-state index in [9.17, 15) is 18.0 Å². The lowest BCUT2D eigenvalue weighted by Gasteiger charge is -2.10. The predicted molar refractivity (Wildman–Crippen MR) is 125 cm³/mol. The second-order valence-electron chi connectivity index (χ2n) is 7.39. The molecule has 2 amide bonds. The number of carbonyl (C=O) groups excluding carboxylic acids is 2. The van der Waals surface area contributed by atoms with Crippen molar-refractivity contribution < 1.29 is 27.3 Å². The van der Waals surface area contributed by atoms with Crippen LogP contribution in [0.3, 0.4) is 0 Å². The van der Waals surface area contributed by atoms with Crippen LogP contribution in [0, 0.1) is 13.8 Å². The number of sulfonamides is 1. The van der Waals surface area contributed by atoms with Gasteiger partial charge in [0.05, 0.1) is 17.2 Å². The summed E-state index contributed by atoms with van der Waals surface area (Å²) in [6.07, 6.45) is 0.585. The summed E-state index contributed by atoms with van der Waals surface area (Å²) in [5.74, 6) is 0.333. The highest BCUT2D eigenvalue weighted by molar-refractivity contribution is 7.92. The van der Waals surface area contributed by atoms with E-state index in [0.717, 1.165) is 11.3 Å². The van der Waals surface area contributed by atoms with Crippen molar-refractivity contribution >= 4 is 27.5 Å². The maximum absolute atomic E-state index is 12.6. The van der Waals surface area contributed by atoms with Gasteiger partial charge in [-0.1, -0.05) is 5.16 Å². The minimum Gasteiger partial charge on any atom is -0.494 e. The number of amides is 2. The molecule has 3 aromatic rings. The highest BCUT2D eigenvalue weighted by Gasteiger charge is 2.15. The Balaban J connectivity index is 1.52. The zero-order valence-electron chi connectivity index (χ0n) is 19.0. The summed E-state index contributed by atoms with van der Waals surface area (Å²) < 4.78 is 38.0. The van der Waals surface area contributed by atoms with Gasteiger partial charge in [-0.15, -0.1) is 0 Å². The van der Waals surface area contributed by atoms with Crippen LogP contribution in [0.25, 0.3) is 0 Å². The van der Waals surface area contributed by atoms with Crippen molar-refractivity contribution in [2.45, 2.75) is 38.5 Å². The normalized spacial score (nSPS) is 11.0. The Morgan fingerprint density at radius 3 is 2.26 bits per heavy atom.